The maximum absolute atomic E-state index is 11.9. The van der Waals surface area contributed by atoms with E-state index >= 15 is 0 Å². The number of nitrogens with two attached hydrogens (primary N) is 1. The standard InChI is InChI=1S/C18H19N3O2S/c1-21-17(23)10-15(20-18(21)19)16-9-14(11-24-16)13-6-2-4-12(8-13)5-3-7-22/h2,4,6,8-11,22H,3,5,7H2,1H3,(H2,19,20). The predicted molar refractivity (Wildman–Crippen MR) is 98.0 cm³/mol. The van der Waals surface area contributed by atoms with Gasteiger partial charge in [0, 0.05) is 19.7 Å². The summed E-state index contributed by atoms with van der Waals surface area (Å²) in [5.74, 6) is 0.207. The molecule has 0 bridgehead atoms. The fourth-order valence-electron chi connectivity index (χ4n) is 2.50. The van der Waals surface area contributed by atoms with E-state index in [2.05, 4.69) is 28.6 Å². The lowest BCUT2D eigenvalue weighted by Crippen LogP contribution is -2.20. The van der Waals surface area contributed by atoms with Crippen LogP contribution in [0.15, 0.2) is 46.6 Å². The van der Waals surface area contributed by atoms with E-state index in [1.807, 2.05) is 12.1 Å². The van der Waals surface area contributed by atoms with Gasteiger partial charge in [-0.3, -0.25) is 9.36 Å². The van der Waals surface area contributed by atoms with E-state index in [4.69, 9.17) is 10.8 Å². The van der Waals surface area contributed by atoms with Crippen LogP contribution in [0.1, 0.15) is 12.0 Å². The van der Waals surface area contributed by atoms with E-state index < -0.39 is 0 Å². The number of anilines is 1. The van der Waals surface area contributed by atoms with Gasteiger partial charge in [0.2, 0.25) is 5.95 Å². The second-order valence-electron chi connectivity index (χ2n) is 5.62. The topological polar surface area (TPSA) is 81.1 Å². The van der Waals surface area contributed by atoms with Crippen molar-refractivity contribution < 1.29 is 5.11 Å². The summed E-state index contributed by atoms with van der Waals surface area (Å²) in [6, 6.07) is 11.8. The first kappa shape index (κ1) is 16.4. The third-order valence-electron chi connectivity index (χ3n) is 3.91. The third-order valence-corrected chi connectivity index (χ3v) is 4.86. The molecule has 0 spiro atoms. The highest BCUT2D eigenvalue weighted by Crippen LogP contribution is 2.32. The van der Waals surface area contributed by atoms with E-state index in [-0.39, 0.29) is 18.1 Å². The van der Waals surface area contributed by atoms with Crippen LogP contribution in [-0.4, -0.2) is 21.3 Å². The van der Waals surface area contributed by atoms with Crippen molar-refractivity contribution in [2.24, 2.45) is 7.05 Å². The molecule has 3 aromatic rings. The minimum Gasteiger partial charge on any atom is -0.396 e. The van der Waals surface area contributed by atoms with Gasteiger partial charge < -0.3 is 10.8 Å². The Hall–Kier alpha value is -2.44. The van der Waals surface area contributed by atoms with Gasteiger partial charge in [0.25, 0.3) is 5.56 Å². The Morgan fingerprint density at radius 1 is 1.25 bits per heavy atom. The molecule has 24 heavy (non-hydrogen) atoms. The Morgan fingerprint density at radius 2 is 2.08 bits per heavy atom. The number of aliphatic hydroxyl groups excluding tert-OH is 1. The number of nitrogens with zero attached hydrogens (tertiary/aromatic N) is 2. The molecule has 0 amide bonds. The molecule has 3 N–H and O–H groups in total. The second-order valence-corrected chi connectivity index (χ2v) is 6.54. The van der Waals surface area contributed by atoms with E-state index in [1.165, 1.54) is 27.5 Å². The summed E-state index contributed by atoms with van der Waals surface area (Å²) >= 11 is 1.54. The first-order chi connectivity index (χ1) is 11.6. The molecule has 1 aromatic carbocycles. The molecule has 0 saturated heterocycles. The van der Waals surface area contributed by atoms with Crippen molar-refractivity contribution in [3.8, 4) is 21.7 Å². The lowest BCUT2D eigenvalue weighted by Gasteiger charge is -2.04. The smallest absolute Gasteiger partial charge is 0.255 e. The molecule has 2 aromatic heterocycles. The van der Waals surface area contributed by atoms with Crippen LogP contribution in [0.5, 0.6) is 0 Å². The van der Waals surface area contributed by atoms with Crippen LogP contribution in [0, 0.1) is 0 Å². The predicted octanol–water partition coefficient (Wildman–Crippen LogP) is 2.68. The van der Waals surface area contributed by atoms with Crippen molar-refractivity contribution in [1.29, 1.82) is 0 Å². The molecule has 3 rings (SSSR count). The SMILES string of the molecule is Cn1c(N)nc(-c2cc(-c3cccc(CCCO)c3)cs2)cc1=O. The number of thiophene rings is 1. The van der Waals surface area contributed by atoms with Gasteiger partial charge in [-0.25, -0.2) is 4.98 Å². The molecule has 0 radical (unpaired) electrons. The van der Waals surface area contributed by atoms with E-state index in [9.17, 15) is 4.79 Å². The van der Waals surface area contributed by atoms with Crippen molar-refractivity contribution in [3.05, 3.63) is 57.7 Å². The van der Waals surface area contributed by atoms with Gasteiger partial charge in [-0.05, 0) is 41.0 Å². The van der Waals surface area contributed by atoms with Crippen molar-refractivity contribution >= 4 is 17.3 Å². The molecule has 0 aliphatic rings. The Morgan fingerprint density at radius 3 is 2.83 bits per heavy atom. The number of nitrogen functional groups attached to an aromatic ring is 1. The molecule has 0 saturated carbocycles. The largest absolute Gasteiger partial charge is 0.396 e. The van der Waals surface area contributed by atoms with Crippen molar-refractivity contribution in [1.82, 2.24) is 9.55 Å². The Kier molecular flexibility index (Phi) is 4.78. The zero-order valence-corrected chi connectivity index (χ0v) is 14.2. The Bertz CT molecular complexity index is 915. The lowest BCUT2D eigenvalue weighted by atomic mass is 10.0. The maximum Gasteiger partial charge on any atom is 0.255 e. The summed E-state index contributed by atoms with van der Waals surface area (Å²) in [7, 11) is 1.60. The quantitative estimate of drug-likeness (QED) is 0.747. The van der Waals surface area contributed by atoms with Crippen molar-refractivity contribution in [2.75, 3.05) is 12.3 Å². The molecule has 0 atom stereocenters. The first-order valence-electron chi connectivity index (χ1n) is 7.71. The minimum absolute atomic E-state index is 0.168. The molecular weight excluding hydrogens is 322 g/mol. The average molecular weight is 341 g/mol. The van der Waals surface area contributed by atoms with Crippen LogP contribution in [0.25, 0.3) is 21.7 Å². The van der Waals surface area contributed by atoms with Gasteiger partial charge in [-0.1, -0.05) is 24.3 Å². The summed E-state index contributed by atoms with van der Waals surface area (Å²) in [6.07, 6.45) is 1.61. The molecule has 6 heteroatoms. The number of benzene rings is 1. The van der Waals surface area contributed by atoms with E-state index in [0.29, 0.717) is 5.69 Å². The van der Waals surface area contributed by atoms with Crippen LogP contribution >= 0.6 is 11.3 Å². The number of aryl methyl sites for hydroxylation is 1. The maximum atomic E-state index is 11.9. The van der Waals surface area contributed by atoms with Crippen LogP contribution in [-0.2, 0) is 13.5 Å². The zero-order valence-electron chi connectivity index (χ0n) is 13.4. The molecule has 2 heterocycles. The van der Waals surface area contributed by atoms with Gasteiger partial charge in [0.1, 0.15) is 0 Å². The summed E-state index contributed by atoms with van der Waals surface area (Å²) in [5.41, 5.74) is 9.61. The van der Waals surface area contributed by atoms with Gasteiger partial charge in [0.15, 0.2) is 0 Å². The number of rotatable bonds is 5. The first-order valence-corrected chi connectivity index (χ1v) is 8.59. The number of hydrogen-bond acceptors (Lipinski definition) is 5. The number of hydrogen-bond donors (Lipinski definition) is 2. The minimum atomic E-state index is -0.168. The van der Waals surface area contributed by atoms with Gasteiger partial charge in [-0.2, -0.15) is 0 Å². The lowest BCUT2D eigenvalue weighted by molar-refractivity contribution is 0.288. The van der Waals surface area contributed by atoms with Crippen LogP contribution in [0.2, 0.25) is 0 Å². The van der Waals surface area contributed by atoms with Crippen molar-refractivity contribution in [3.63, 3.8) is 0 Å². The molecule has 0 aliphatic heterocycles. The average Bonchev–Trinajstić information content (AvgIpc) is 3.08. The van der Waals surface area contributed by atoms with Crippen LogP contribution < -0.4 is 11.3 Å². The van der Waals surface area contributed by atoms with Crippen LogP contribution in [0.3, 0.4) is 0 Å². The molecule has 0 aliphatic carbocycles. The van der Waals surface area contributed by atoms with Gasteiger partial charge in [0.05, 0.1) is 10.6 Å². The van der Waals surface area contributed by atoms with Gasteiger partial charge >= 0.3 is 0 Å². The molecule has 0 fully saturated rings. The van der Waals surface area contributed by atoms with E-state index in [0.717, 1.165) is 28.8 Å². The molecular formula is C18H19N3O2S. The number of aliphatic hydroxyl groups is 1. The highest BCUT2D eigenvalue weighted by molar-refractivity contribution is 7.14. The van der Waals surface area contributed by atoms with Gasteiger partial charge in [-0.15, -0.1) is 11.3 Å². The highest BCUT2D eigenvalue weighted by Gasteiger charge is 2.09. The monoisotopic (exact) mass is 341 g/mol. The zero-order chi connectivity index (χ0) is 17.1. The van der Waals surface area contributed by atoms with Crippen molar-refractivity contribution in [2.45, 2.75) is 12.8 Å². The van der Waals surface area contributed by atoms with E-state index in [1.54, 1.807) is 7.05 Å². The summed E-state index contributed by atoms with van der Waals surface area (Å²) in [6.45, 7) is 0.197. The molecule has 5 nitrogen and oxygen atoms in total. The summed E-state index contributed by atoms with van der Waals surface area (Å²) < 4.78 is 1.32. The second kappa shape index (κ2) is 6.98. The molecule has 124 valence electrons. The third kappa shape index (κ3) is 3.39. The highest BCUT2D eigenvalue weighted by atomic mass is 32.1. The summed E-state index contributed by atoms with van der Waals surface area (Å²) in [4.78, 5) is 17.1. The summed E-state index contributed by atoms with van der Waals surface area (Å²) in [5, 5.41) is 11.0. The molecule has 0 unspecified atom stereocenters. The number of aromatic nitrogens is 2. The Labute approximate surface area is 144 Å². The normalized spacial score (nSPS) is 10.9. The van der Waals surface area contributed by atoms with Crippen LogP contribution in [0.4, 0.5) is 5.95 Å². The fraction of sp³-hybridized carbons (Fsp3) is 0.222. The Balaban J connectivity index is 1.92. The fourth-order valence-corrected chi connectivity index (χ4v) is 3.37.